The molecule has 0 heterocycles. The molecule has 0 amide bonds. The number of nitrogens with two attached hydrogens (primary N) is 1. The van der Waals surface area contributed by atoms with Crippen LogP contribution in [0.3, 0.4) is 0 Å². The normalized spacial score (nSPS) is 13.2. The number of sulfonamides is 1. The first-order valence-corrected chi connectivity index (χ1v) is 8.07. The second-order valence-corrected chi connectivity index (χ2v) is 6.22. The van der Waals surface area contributed by atoms with E-state index < -0.39 is 10.0 Å². The number of nitrogens with one attached hydrogen (secondary N) is 2. The Morgan fingerprint density at radius 2 is 2.05 bits per heavy atom. The fourth-order valence-electron chi connectivity index (χ4n) is 1.78. The first kappa shape index (κ1) is 16.7. The van der Waals surface area contributed by atoms with Gasteiger partial charge < -0.3 is 15.8 Å². The number of nitrogen functional groups attached to an aromatic ring is 1. The molecule has 114 valence electrons. The summed E-state index contributed by atoms with van der Waals surface area (Å²) in [5, 5.41) is 3.21. The Balaban J connectivity index is 3.03. The van der Waals surface area contributed by atoms with Crippen molar-refractivity contribution >= 4 is 21.4 Å². The highest BCUT2D eigenvalue weighted by Crippen LogP contribution is 2.24. The van der Waals surface area contributed by atoms with Crippen molar-refractivity contribution in [1.29, 1.82) is 0 Å². The van der Waals surface area contributed by atoms with Crippen molar-refractivity contribution in [3.05, 3.63) is 18.2 Å². The molecular formula is C13H23N3O3S. The van der Waals surface area contributed by atoms with Crippen LogP contribution in [0.2, 0.25) is 0 Å². The molecule has 1 aromatic carbocycles. The van der Waals surface area contributed by atoms with Gasteiger partial charge >= 0.3 is 0 Å². The van der Waals surface area contributed by atoms with E-state index in [1.165, 1.54) is 6.07 Å². The van der Waals surface area contributed by atoms with Gasteiger partial charge in [0.25, 0.3) is 0 Å². The van der Waals surface area contributed by atoms with Crippen LogP contribution in [0.25, 0.3) is 0 Å². The molecule has 6 nitrogen and oxygen atoms in total. The zero-order chi connectivity index (χ0) is 15.2. The molecule has 0 saturated heterocycles. The molecule has 7 heteroatoms. The Labute approximate surface area is 120 Å². The maximum absolute atomic E-state index is 12.0. The third-order valence-corrected chi connectivity index (χ3v) is 4.43. The van der Waals surface area contributed by atoms with Gasteiger partial charge in [-0.05, 0) is 24.6 Å². The minimum Gasteiger partial charge on any atom is -0.397 e. The van der Waals surface area contributed by atoms with E-state index in [4.69, 9.17) is 10.5 Å². The van der Waals surface area contributed by atoms with Crippen LogP contribution in [0.1, 0.15) is 20.3 Å². The van der Waals surface area contributed by atoms with Crippen LogP contribution in [0.4, 0.5) is 11.4 Å². The van der Waals surface area contributed by atoms with Crippen LogP contribution in [0.15, 0.2) is 23.1 Å². The molecular weight excluding hydrogens is 278 g/mol. The van der Waals surface area contributed by atoms with Crippen LogP contribution < -0.4 is 15.8 Å². The summed E-state index contributed by atoms with van der Waals surface area (Å²) in [7, 11) is -1.86. The molecule has 0 aliphatic carbocycles. The molecule has 0 aliphatic rings. The zero-order valence-corrected chi connectivity index (χ0v) is 13.0. The van der Waals surface area contributed by atoms with Gasteiger partial charge in [0.1, 0.15) is 0 Å². The Morgan fingerprint density at radius 1 is 1.35 bits per heavy atom. The minimum absolute atomic E-state index is 0.0828. The molecule has 0 spiro atoms. The highest BCUT2D eigenvalue weighted by atomic mass is 32.2. The van der Waals surface area contributed by atoms with Gasteiger partial charge in [-0.15, -0.1) is 0 Å². The third kappa shape index (κ3) is 4.36. The first-order chi connectivity index (χ1) is 9.44. The predicted molar refractivity (Wildman–Crippen MR) is 81.3 cm³/mol. The highest BCUT2D eigenvalue weighted by Gasteiger charge is 2.15. The molecule has 0 fully saturated rings. The number of ether oxygens (including phenoxy) is 1. The fourth-order valence-corrected chi connectivity index (χ4v) is 2.85. The molecule has 20 heavy (non-hydrogen) atoms. The molecule has 1 atom stereocenters. The average Bonchev–Trinajstić information content (AvgIpc) is 2.40. The van der Waals surface area contributed by atoms with Crippen LogP contribution >= 0.6 is 0 Å². The summed E-state index contributed by atoms with van der Waals surface area (Å²) in [6.45, 7) is 4.63. The summed E-state index contributed by atoms with van der Waals surface area (Å²) < 4.78 is 31.5. The van der Waals surface area contributed by atoms with E-state index in [9.17, 15) is 8.42 Å². The highest BCUT2D eigenvalue weighted by molar-refractivity contribution is 7.89. The summed E-state index contributed by atoms with van der Waals surface area (Å²) in [5.74, 6) is 0. The lowest BCUT2D eigenvalue weighted by Gasteiger charge is -2.19. The number of anilines is 2. The lowest BCUT2D eigenvalue weighted by molar-refractivity contribution is 0.184. The average molecular weight is 301 g/mol. The van der Waals surface area contributed by atoms with E-state index in [2.05, 4.69) is 10.0 Å². The summed E-state index contributed by atoms with van der Waals surface area (Å²) in [5.41, 5.74) is 7.00. The van der Waals surface area contributed by atoms with Crippen LogP contribution in [0.5, 0.6) is 0 Å². The van der Waals surface area contributed by atoms with Crippen LogP contribution in [-0.4, -0.2) is 34.7 Å². The van der Waals surface area contributed by atoms with E-state index in [0.29, 0.717) is 24.5 Å². The largest absolute Gasteiger partial charge is 0.397 e. The smallest absolute Gasteiger partial charge is 0.240 e. The molecule has 1 unspecified atom stereocenters. The Hall–Kier alpha value is -1.31. The molecule has 4 N–H and O–H groups in total. The van der Waals surface area contributed by atoms with Gasteiger partial charge in [-0.3, -0.25) is 0 Å². The van der Waals surface area contributed by atoms with Gasteiger partial charge in [-0.2, -0.15) is 0 Å². The second-order valence-electron chi connectivity index (χ2n) is 4.46. The Morgan fingerprint density at radius 3 is 2.60 bits per heavy atom. The van der Waals surface area contributed by atoms with E-state index in [0.717, 1.165) is 6.42 Å². The van der Waals surface area contributed by atoms with Crippen molar-refractivity contribution < 1.29 is 13.2 Å². The van der Waals surface area contributed by atoms with Crippen molar-refractivity contribution in [1.82, 2.24) is 4.72 Å². The van der Waals surface area contributed by atoms with E-state index in [1.807, 2.05) is 6.92 Å². The van der Waals surface area contributed by atoms with Gasteiger partial charge in [0.15, 0.2) is 0 Å². The molecule has 1 aromatic rings. The molecule has 0 bridgehead atoms. The quantitative estimate of drug-likeness (QED) is 0.631. The fraction of sp³-hybridized carbons (Fsp3) is 0.538. The topological polar surface area (TPSA) is 93.5 Å². The van der Waals surface area contributed by atoms with Crippen molar-refractivity contribution in [2.45, 2.75) is 31.2 Å². The maximum Gasteiger partial charge on any atom is 0.240 e. The van der Waals surface area contributed by atoms with Gasteiger partial charge in [0.2, 0.25) is 10.0 Å². The van der Waals surface area contributed by atoms with E-state index >= 15 is 0 Å². The maximum atomic E-state index is 12.0. The number of hydrogen-bond acceptors (Lipinski definition) is 5. The third-order valence-electron chi connectivity index (χ3n) is 2.89. The zero-order valence-electron chi connectivity index (χ0n) is 12.1. The lowest BCUT2D eigenvalue weighted by Crippen LogP contribution is -2.26. The van der Waals surface area contributed by atoms with Crippen molar-refractivity contribution in [2.75, 3.05) is 31.3 Å². The monoisotopic (exact) mass is 301 g/mol. The van der Waals surface area contributed by atoms with E-state index in [-0.39, 0.29) is 10.9 Å². The second kappa shape index (κ2) is 7.47. The summed E-state index contributed by atoms with van der Waals surface area (Å²) in [6.07, 6.45) is 0.845. The number of rotatable bonds is 8. The standard InChI is InChI=1S/C13H23N3O3S/c1-4-10(9-19-3)16-13-8-11(6-7-12(13)14)20(17,18)15-5-2/h6-8,10,15-16H,4-5,9,14H2,1-3H3. The van der Waals surface area contributed by atoms with Crippen molar-refractivity contribution in [2.24, 2.45) is 0 Å². The number of methoxy groups -OCH3 is 1. The number of hydrogen-bond donors (Lipinski definition) is 3. The molecule has 0 aromatic heterocycles. The molecule has 0 radical (unpaired) electrons. The predicted octanol–water partition coefficient (Wildman–Crippen LogP) is 1.40. The van der Waals surface area contributed by atoms with Gasteiger partial charge in [0, 0.05) is 19.7 Å². The Bertz CT molecular complexity index is 532. The van der Waals surface area contributed by atoms with Gasteiger partial charge in [-0.25, -0.2) is 13.1 Å². The summed E-state index contributed by atoms with van der Waals surface area (Å²) in [4.78, 5) is 0.198. The van der Waals surface area contributed by atoms with Gasteiger partial charge in [-0.1, -0.05) is 13.8 Å². The van der Waals surface area contributed by atoms with Crippen LogP contribution in [0, 0.1) is 0 Å². The van der Waals surface area contributed by atoms with Gasteiger partial charge in [0.05, 0.1) is 22.9 Å². The lowest BCUT2D eigenvalue weighted by atomic mass is 10.2. The molecule has 1 rings (SSSR count). The minimum atomic E-state index is -3.48. The summed E-state index contributed by atoms with van der Waals surface area (Å²) >= 11 is 0. The number of benzene rings is 1. The Kier molecular flexibility index (Phi) is 6.25. The van der Waals surface area contributed by atoms with Crippen LogP contribution in [-0.2, 0) is 14.8 Å². The molecule has 0 saturated carbocycles. The van der Waals surface area contributed by atoms with Crippen molar-refractivity contribution in [3.63, 3.8) is 0 Å². The SMILES string of the molecule is CCNS(=O)(=O)c1ccc(N)c(NC(CC)COC)c1. The van der Waals surface area contributed by atoms with Crippen molar-refractivity contribution in [3.8, 4) is 0 Å². The molecule has 0 aliphatic heterocycles. The van der Waals surface area contributed by atoms with E-state index in [1.54, 1.807) is 26.2 Å². The summed E-state index contributed by atoms with van der Waals surface area (Å²) in [6, 6.07) is 4.72. The first-order valence-electron chi connectivity index (χ1n) is 6.59.